The number of aliphatic hydroxyl groups is 1. The molecule has 24 heavy (non-hydrogen) atoms. The number of carboxylic acid groups (broad SMARTS) is 1. The van der Waals surface area contributed by atoms with Crippen LogP contribution in [-0.2, 0) is 4.79 Å². The second-order valence-corrected chi connectivity index (χ2v) is 6.95. The van der Waals surface area contributed by atoms with E-state index < -0.39 is 12.1 Å². The summed E-state index contributed by atoms with van der Waals surface area (Å²) in [6.07, 6.45) is 22.8. The van der Waals surface area contributed by atoms with Crippen molar-refractivity contribution in [2.75, 3.05) is 0 Å². The molecule has 1 unspecified atom stereocenters. The van der Waals surface area contributed by atoms with Crippen molar-refractivity contribution in [1.29, 1.82) is 0 Å². The van der Waals surface area contributed by atoms with E-state index in [1.165, 1.54) is 83.5 Å². The summed E-state index contributed by atoms with van der Waals surface area (Å²) in [5.74, 6) is -1.14. The van der Waals surface area contributed by atoms with E-state index in [9.17, 15) is 4.79 Å². The minimum absolute atomic E-state index is 0.216. The Labute approximate surface area is 149 Å². The second kappa shape index (κ2) is 18.5. The second-order valence-electron chi connectivity index (χ2n) is 6.95. The van der Waals surface area contributed by atoms with Crippen LogP contribution in [0, 0.1) is 0 Å². The van der Waals surface area contributed by atoms with Gasteiger partial charge in [-0.1, -0.05) is 103 Å². The monoisotopic (exact) mass is 340 g/mol. The predicted octanol–water partition coefficient (Wildman–Crippen LogP) is 6.25. The van der Waals surface area contributed by atoms with Crippen LogP contribution in [0.2, 0.25) is 0 Å². The number of hydrogen-bond acceptors (Lipinski definition) is 2. The molecular weight excluding hydrogens is 300 g/mol. The molecule has 0 aromatic carbocycles. The Hall–Kier alpha value is -0.830. The minimum Gasteiger partial charge on any atom is -0.479 e. The number of carbonyl (C=O) groups is 1. The number of rotatable bonds is 18. The maximum Gasteiger partial charge on any atom is 0.332 e. The van der Waals surface area contributed by atoms with Crippen molar-refractivity contribution < 1.29 is 15.0 Å². The first-order valence-electron chi connectivity index (χ1n) is 10.2. The summed E-state index contributed by atoms with van der Waals surface area (Å²) in [4.78, 5) is 10.4. The fourth-order valence-electron chi connectivity index (χ4n) is 2.90. The van der Waals surface area contributed by atoms with Gasteiger partial charge in [0.25, 0.3) is 0 Å². The molecule has 0 radical (unpaired) electrons. The molecule has 0 aliphatic rings. The zero-order valence-corrected chi connectivity index (χ0v) is 15.8. The Kier molecular flexibility index (Phi) is 17.9. The van der Waals surface area contributed by atoms with Crippen LogP contribution >= 0.6 is 0 Å². The first-order valence-corrected chi connectivity index (χ1v) is 10.2. The maximum atomic E-state index is 10.4. The van der Waals surface area contributed by atoms with Gasteiger partial charge >= 0.3 is 5.97 Å². The van der Waals surface area contributed by atoms with Crippen molar-refractivity contribution in [2.45, 2.75) is 116 Å². The topological polar surface area (TPSA) is 57.5 Å². The maximum absolute atomic E-state index is 10.4. The van der Waals surface area contributed by atoms with Crippen LogP contribution in [0.25, 0.3) is 0 Å². The van der Waals surface area contributed by atoms with Crippen LogP contribution in [-0.4, -0.2) is 22.3 Å². The molecule has 142 valence electrons. The highest BCUT2D eigenvalue weighted by molar-refractivity contribution is 5.72. The average Bonchev–Trinajstić information content (AvgIpc) is 2.57. The summed E-state index contributed by atoms with van der Waals surface area (Å²) in [5.41, 5.74) is 0. The van der Waals surface area contributed by atoms with E-state index in [-0.39, 0.29) is 6.42 Å². The predicted molar refractivity (Wildman–Crippen MR) is 102 cm³/mol. The van der Waals surface area contributed by atoms with E-state index in [1.807, 2.05) is 6.08 Å². The van der Waals surface area contributed by atoms with Gasteiger partial charge in [-0.25, -0.2) is 4.79 Å². The Morgan fingerprint density at radius 2 is 1.17 bits per heavy atom. The van der Waals surface area contributed by atoms with Gasteiger partial charge in [-0.3, -0.25) is 0 Å². The number of carboxylic acids is 1. The molecule has 0 rings (SSSR count). The zero-order valence-electron chi connectivity index (χ0n) is 15.8. The first-order chi connectivity index (χ1) is 11.7. The summed E-state index contributed by atoms with van der Waals surface area (Å²) in [5, 5.41) is 17.6. The third-order valence-electron chi connectivity index (χ3n) is 4.54. The average molecular weight is 341 g/mol. The van der Waals surface area contributed by atoms with E-state index >= 15 is 0 Å². The normalized spacial score (nSPS) is 12.8. The standard InChI is InChI=1S/C21H40O3/c1-2-3-4-5-6-7-8-9-10-11-12-13-14-15-16-17-18-19-20(22)21(23)24/h17-18,20,22H,2-16,19H2,1H3,(H,23,24). The molecule has 0 bridgehead atoms. The van der Waals surface area contributed by atoms with E-state index in [0.29, 0.717) is 0 Å². The molecule has 0 saturated carbocycles. The summed E-state index contributed by atoms with van der Waals surface area (Å²) in [6, 6.07) is 0. The third kappa shape index (κ3) is 17.5. The Balaban J connectivity index is 3.12. The third-order valence-corrected chi connectivity index (χ3v) is 4.54. The van der Waals surface area contributed by atoms with Crippen molar-refractivity contribution in [1.82, 2.24) is 0 Å². The fraction of sp³-hybridized carbons (Fsp3) is 0.857. The largest absolute Gasteiger partial charge is 0.479 e. The molecule has 0 aliphatic heterocycles. The van der Waals surface area contributed by atoms with Crippen LogP contribution in [0.4, 0.5) is 0 Å². The number of aliphatic carboxylic acids is 1. The van der Waals surface area contributed by atoms with Gasteiger partial charge < -0.3 is 10.2 Å². The molecule has 0 saturated heterocycles. The lowest BCUT2D eigenvalue weighted by atomic mass is 10.0. The van der Waals surface area contributed by atoms with E-state index in [0.717, 1.165) is 12.8 Å². The highest BCUT2D eigenvalue weighted by Gasteiger charge is 2.09. The molecule has 0 aromatic heterocycles. The molecule has 2 N–H and O–H groups in total. The van der Waals surface area contributed by atoms with Crippen LogP contribution in [0.5, 0.6) is 0 Å². The van der Waals surface area contributed by atoms with Crippen molar-refractivity contribution in [2.24, 2.45) is 0 Å². The van der Waals surface area contributed by atoms with Gasteiger partial charge in [0.2, 0.25) is 0 Å². The van der Waals surface area contributed by atoms with Crippen LogP contribution in [0.3, 0.4) is 0 Å². The molecule has 0 aliphatic carbocycles. The van der Waals surface area contributed by atoms with E-state index in [2.05, 4.69) is 6.92 Å². The molecular formula is C21H40O3. The Bertz CT molecular complexity index is 299. The lowest BCUT2D eigenvalue weighted by molar-refractivity contribution is -0.146. The highest BCUT2D eigenvalue weighted by Crippen LogP contribution is 2.13. The minimum atomic E-state index is -1.25. The lowest BCUT2D eigenvalue weighted by Crippen LogP contribution is -2.17. The van der Waals surface area contributed by atoms with Gasteiger partial charge in [0.15, 0.2) is 6.10 Å². The van der Waals surface area contributed by atoms with Gasteiger partial charge in [-0.05, 0) is 12.8 Å². The molecule has 0 amide bonds. The quantitative estimate of drug-likeness (QED) is 0.229. The number of unbranched alkanes of at least 4 members (excludes halogenated alkanes) is 14. The summed E-state index contributed by atoms with van der Waals surface area (Å²) >= 11 is 0. The van der Waals surface area contributed by atoms with E-state index in [1.54, 1.807) is 6.08 Å². The smallest absolute Gasteiger partial charge is 0.332 e. The molecule has 0 heterocycles. The van der Waals surface area contributed by atoms with Crippen molar-refractivity contribution in [3.63, 3.8) is 0 Å². The zero-order chi connectivity index (χ0) is 17.9. The van der Waals surface area contributed by atoms with E-state index in [4.69, 9.17) is 10.2 Å². The number of aliphatic hydroxyl groups excluding tert-OH is 1. The number of allylic oxidation sites excluding steroid dienone is 1. The van der Waals surface area contributed by atoms with Gasteiger partial charge in [-0.2, -0.15) is 0 Å². The van der Waals surface area contributed by atoms with Crippen molar-refractivity contribution in [3.05, 3.63) is 12.2 Å². The SMILES string of the molecule is CCCCCCCCCCCCCCCCC=CCC(O)C(=O)O. The molecule has 0 aromatic rings. The van der Waals surface area contributed by atoms with Crippen LogP contribution < -0.4 is 0 Å². The van der Waals surface area contributed by atoms with Crippen LogP contribution in [0.1, 0.15) is 110 Å². The Morgan fingerprint density at radius 1 is 0.750 bits per heavy atom. The molecule has 0 fully saturated rings. The van der Waals surface area contributed by atoms with Gasteiger partial charge in [0, 0.05) is 6.42 Å². The molecule has 0 spiro atoms. The molecule has 1 atom stereocenters. The summed E-state index contributed by atoms with van der Waals surface area (Å²) < 4.78 is 0. The fourth-order valence-corrected chi connectivity index (χ4v) is 2.90. The highest BCUT2D eigenvalue weighted by atomic mass is 16.4. The summed E-state index contributed by atoms with van der Waals surface area (Å²) in [6.45, 7) is 2.27. The van der Waals surface area contributed by atoms with Crippen molar-refractivity contribution >= 4 is 5.97 Å². The lowest BCUT2D eigenvalue weighted by Gasteiger charge is -2.03. The van der Waals surface area contributed by atoms with Crippen molar-refractivity contribution in [3.8, 4) is 0 Å². The Morgan fingerprint density at radius 3 is 1.58 bits per heavy atom. The first kappa shape index (κ1) is 23.2. The van der Waals surface area contributed by atoms with Crippen LogP contribution in [0.15, 0.2) is 12.2 Å². The molecule has 3 heteroatoms. The molecule has 3 nitrogen and oxygen atoms in total. The summed E-state index contributed by atoms with van der Waals surface area (Å²) in [7, 11) is 0. The van der Waals surface area contributed by atoms with Gasteiger partial charge in [0.1, 0.15) is 0 Å². The number of hydrogen-bond donors (Lipinski definition) is 2. The van der Waals surface area contributed by atoms with Gasteiger partial charge in [0.05, 0.1) is 0 Å². The van der Waals surface area contributed by atoms with Gasteiger partial charge in [-0.15, -0.1) is 0 Å².